The van der Waals surface area contributed by atoms with Crippen LogP contribution in [0.15, 0.2) is 10.5 Å². The Labute approximate surface area is 78.4 Å². The quantitative estimate of drug-likeness (QED) is 0.817. The third-order valence-electron chi connectivity index (χ3n) is 1.37. The molecule has 0 spiro atoms. The molecule has 62 valence electrons. The molecule has 1 aromatic rings. The van der Waals surface area contributed by atoms with Crippen LogP contribution in [0.2, 0.25) is 0 Å². The van der Waals surface area contributed by atoms with E-state index in [9.17, 15) is 0 Å². The van der Waals surface area contributed by atoms with E-state index < -0.39 is 0 Å². The standard InChI is InChI=1S/C7H10BrNOS/c1-5-7(8)4-6(11-5)2-3-10-9/h4H,2-3,9H2,1H3. The molecule has 0 aliphatic heterocycles. The summed E-state index contributed by atoms with van der Waals surface area (Å²) in [5, 5.41) is 0. The molecule has 0 unspecified atom stereocenters. The highest BCUT2D eigenvalue weighted by molar-refractivity contribution is 9.10. The smallest absolute Gasteiger partial charge is 0.0727 e. The minimum atomic E-state index is 0.590. The fourth-order valence-electron chi connectivity index (χ4n) is 0.801. The maximum Gasteiger partial charge on any atom is 0.0727 e. The molecule has 4 heteroatoms. The van der Waals surface area contributed by atoms with Crippen LogP contribution in [0.25, 0.3) is 0 Å². The second kappa shape index (κ2) is 4.21. The minimum Gasteiger partial charge on any atom is -0.304 e. The fraction of sp³-hybridized carbons (Fsp3) is 0.429. The minimum absolute atomic E-state index is 0.590. The first kappa shape index (κ1) is 9.19. The zero-order valence-electron chi connectivity index (χ0n) is 6.26. The normalized spacial score (nSPS) is 10.5. The molecule has 2 nitrogen and oxygen atoms in total. The number of hydrogen-bond acceptors (Lipinski definition) is 3. The van der Waals surface area contributed by atoms with Crippen LogP contribution in [0.4, 0.5) is 0 Å². The van der Waals surface area contributed by atoms with Crippen LogP contribution in [0.3, 0.4) is 0 Å². The highest BCUT2D eigenvalue weighted by Crippen LogP contribution is 2.26. The van der Waals surface area contributed by atoms with Crippen LogP contribution in [-0.4, -0.2) is 6.61 Å². The highest BCUT2D eigenvalue weighted by Gasteiger charge is 2.01. The second-order valence-electron chi connectivity index (χ2n) is 2.24. The van der Waals surface area contributed by atoms with Crippen LogP contribution in [0.5, 0.6) is 0 Å². The Balaban J connectivity index is 2.58. The number of aryl methyl sites for hydroxylation is 1. The predicted octanol–water partition coefficient (Wildman–Crippen LogP) is 2.25. The average Bonchev–Trinajstić information content (AvgIpc) is 2.28. The van der Waals surface area contributed by atoms with Gasteiger partial charge in [-0.1, -0.05) is 0 Å². The number of halogens is 1. The summed E-state index contributed by atoms with van der Waals surface area (Å²) in [6.07, 6.45) is 0.896. The predicted molar refractivity (Wildman–Crippen MR) is 50.6 cm³/mol. The van der Waals surface area contributed by atoms with Crippen molar-refractivity contribution in [2.75, 3.05) is 6.61 Å². The van der Waals surface area contributed by atoms with Gasteiger partial charge in [0.25, 0.3) is 0 Å². The molecule has 0 saturated carbocycles. The molecule has 0 saturated heterocycles. The molecule has 0 atom stereocenters. The molecule has 1 rings (SSSR count). The molecular weight excluding hydrogens is 226 g/mol. The lowest BCUT2D eigenvalue weighted by atomic mass is 10.3. The van der Waals surface area contributed by atoms with Gasteiger partial charge >= 0.3 is 0 Å². The maximum absolute atomic E-state index is 4.91. The van der Waals surface area contributed by atoms with Gasteiger partial charge in [-0.3, -0.25) is 0 Å². The Kier molecular flexibility index (Phi) is 3.51. The first-order chi connectivity index (χ1) is 5.24. The average molecular weight is 236 g/mol. The lowest BCUT2D eigenvalue weighted by Gasteiger charge is -1.92. The molecule has 0 fully saturated rings. The van der Waals surface area contributed by atoms with E-state index in [4.69, 9.17) is 5.90 Å². The molecule has 0 amide bonds. The third-order valence-corrected chi connectivity index (χ3v) is 3.57. The van der Waals surface area contributed by atoms with E-state index in [0.29, 0.717) is 6.61 Å². The third kappa shape index (κ3) is 2.56. The van der Waals surface area contributed by atoms with Crippen LogP contribution in [-0.2, 0) is 11.3 Å². The topological polar surface area (TPSA) is 35.2 Å². The molecule has 2 N–H and O–H groups in total. The molecular formula is C7H10BrNOS. The van der Waals surface area contributed by atoms with Crippen molar-refractivity contribution < 1.29 is 4.84 Å². The van der Waals surface area contributed by atoms with Crippen molar-refractivity contribution in [1.82, 2.24) is 0 Å². The van der Waals surface area contributed by atoms with Gasteiger partial charge in [-0.15, -0.1) is 11.3 Å². The SMILES string of the molecule is Cc1sc(CCON)cc1Br. The van der Waals surface area contributed by atoms with Gasteiger partial charge < -0.3 is 4.84 Å². The number of hydrogen-bond donors (Lipinski definition) is 1. The molecule has 1 heterocycles. The number of rotatable bonds is 3. The van der Waals surface area contributed by atoms with Crippen molar-refractivity contribution in [3.05, 3.63) is 20.3 Å². The monoisotopic (exact) mass is 235 g/mol. The Hall–Kier alpha value is 0.100. The van der Waals surface area contributed by atoms with Crippen LogP contribution in [0, 0.1) is 6.92 Å². The summed E-state index contributed by atoms with van der Waals surface area (Å²) >= 11 is 5.22. The van der Waals surface area contributed by atoms with E-state index in [2.05, 4.69) is 33.8 Å². The fourth-order valence-corrected chi connectivity index (χ4v) is 2.38. The molecule has 0 aliphatic rings. The van der Waals surface area contributed by atoms with Gasteiger partial charge in [0.05, 0.1) is 6.61 Å². The van der Waals surface area contributed by atoms with Gasteiger partial charge in [0.15, 0.2) is 0 Å². The zero-order chi connectivity index (χ0) is 8.27. The zero-order valence-corrected chi connectivity index (χ0v) is 8.67. The Bertz CT molecular complexity index is 217. The summed E-state index contributed by atoms with van der Waals surface area (Å²) in [7, 11) is 0. The van der Waals surface area contributed by atoms with E-state index in [1.54, 1.807) is 11.3 Å². The molecule has 0 radical (unpaired) electrons. The van der Waals surface area contributed by atoms with E-state index in [1.165, 1.54) is 14.2 Å². The molecule has 0 bridgehead atoms. The van der Waals surface area contributed by atoms with Crippen LogP contribution >= 0.6 is 27.3 Å². The first-order valence-electron chi connectivity index (χ1n) is 3.30. The number of nitrogens with two attached hydrogens (primary N) is 1. The lowest BCUT2D eigenvalue weighted by Crippen LogP contribution is -2.02. The van der Waals surface area contributed by atoms with E-state index in [-0.39, 0.29) is 0 Å². The van der Waals surface area contributed by atoms with E-state index >= 15 is 0 Å². The van der Waals surface area contributed by atoms with Crippen molar-refractivity contribution in [2.24, 2.45) is 5.90 Å². The largest absolute Gasteiger partial charge is 0.304 e. The summed E-state index contributed by atoms with van der Waals surface area (Å²) in [6.45, 7) is 2.67. The van der Waals surface area contributed by atoms with Crippen molar-refractivity contribution in [1.29, 1.82) is 0 Å². The maximum atomic E-state index is 4.91. The van der Waals surface area contributed by atoms with Gasteiger partial charge in [0, 0.05) is 20.6 Å². The van der Waals surface area contributed by atoms with E-state index in [0.717, 1.165) is 6.42 Å². The Morgan fingerprint density at radius 3 is 2.91 bits per heavy atom. The highest BCUT2D eigenvalue weighted by atomic mass is 79.9. The Morgan fingerprint density at radius 1 is 1.73 bits per heavy atom. The van der Waals surface area contributed by atoms with Gasteiger partial charge in [0.1, 0.15) is 0 Å². The van der Waals surface area contributed by atoms with Crippen LogP contribution in [0.1, 0.15) is 9.75 Å². The van der Waals surface area contributed by atoms with Gasteiger partial charge in [0.2, 0.25) is 0 Å². The van der Waals surface area contributed by atoms with Gasteiger partial charge in [-0.25, -0.2) is 5.90 Å². The van der Waals surface area contributed by atoms with Crippen molar-refractivity contribution in [2.45, 2.75) is 13.3 Å². The molecule has 1 aromatic heterocycles. The van der Waals surface area contributed by atoms with Crippen molar-refractivity contribution >= 4 is 27.3 Å². The van der Waals surface area contributed by atoms with Crippen molar-refractivity contribution in [3.8, 4) is 0 Å². The van der Waals surface area contributed by atoms with E-state index in [1.807, 2.05) is 0 Å². The van der Waals surface area contributed by atoms with Crippen LogP contribution < -0.4 is 5.90 Å². The molecule has 0 aliphatic carbocycles. The Morgan fingerprint density at radius 2 is 2.45 bits per heavy atom. The molecule has 11 heavy (non-hydrogen) atoms. The second-order valence-corrected chi connectivity index (χ2v) is 4.43. The summed E-state index contributed by atoms with van der Waals surface area (Å²) in [5.41, 5.74) is 0. The summed E-state index contributed by atoms with van der Waals surface area (Å²) in [5.74, 6) is 4.91. The van der Waals surface area contributed by atoms with Gasteiger partial charge in [-0.05, 0) is 28.9 Å². The number of thiophene rings is 1. The summed E-state index contributed by atoms with van der Waals surface area (Å²) in [4.78, 5) is 7.09. The first-order valence-corrected chi connectivity index (χ1v) is 4.91. The van der Waals surface area contributed by atoms with Crippen molar-refractivity contribution in [3.63, 3.8) is 0 Å². The lowest BCUT2D eigenvalue weighted by molar-refractivity contribution is 0.141. The summed E-state index contributed by atoms with van der Waals surface area (Å²) < 4.78 is 1.18. The summed E-state index contributed by atoms with van der Waals surface area (Å²) in [6, 6.07) is 2.11. The van der Waals surface area contributed by atoms with Gasteiger partial charge in [-0.2, -0.15) is 0 Å². The molecule has 0 aromatic carbocycles.